The monoisotopic (exact) mass is 456 g/mol. The standard InChI is InChI=1S/C27H24N2O5/c1-17-7-12-23(13-18(17)2)29-26(30)22(15-28)14-21-5-4-6-24(33-3)25(21)34-16-19-8-10-20(11-9-19)27(31)32/h4-14H,16H2,1-3H3,(H,29,30)(H,31,32)/b22-14-. The Hall–Kier alpha value is -4.57. The van der Waals surface area contributed by atoms with E-state index in [1.54, 1.807) is 36.4 Å². The quantitative estimate of drug-likeness (QED) is 0.359. The number of carboxylic acids is 1. The summed E-state index contributed by atoms with van der Waals surface area (Å²) in [6, 6.07) is 18.9. The molecule has 0 aliphatic heterocycles. The van der Waals surface area contributed by atoms with Gasteiger partial charge in [-0.25, -0.2) is 4.79 Å². The van der Waals surface area contributed by atoms with E-state index >= 15 is 0 Å². The Morgan fingerprint density at radius 3 is 2.41 bits per heavy atom. The first-order chi connectivity index (χ1) is 16.3. The average molecular weight is 456 g/mol. The lowest BCUT2D eigenvalue weighted by atomic mass is 10.1. The normalized spacial score (nSPS) is 10.8. The van der Waals surface area contributed by atoms with Crippen LogP contribution in [0.15, 0.2) is 66.2 Å². The van der Waals surface area contributed by atoms with Crippen LogP contribution in [0.1, 0.15) is 32.6 Å². The predicted molar refractivity (Wildman–Crippen MR) is 129 cm³/mol. The maximum atomic E-state index is 12.8. The third kappa shape index (κ3) is 5.81. The molecule has 0 aliphatic rings. The molecule has 0 saturated carbocycles. The van der Waals surface area contributed by atoms with Crippen LogP contribution < -0.4 is 14.8 Å². The molecule has 172 valence electrons. The molecule has 0 spiro atoms. The zero-order valence-electron chi connectivity index (χ0n) is 19.1. The molecule has 0 saturated heterocycles. The largest absolute Gasteiger partial charge is 0.493 e. The minimum absolute atomic E-state index is 0.0952. The third-order valence-corrected chi connectivity index (χ3v) is 5.24. The lowest BCUT2D eigenvalue weighted by Crippen LogP contribution is -2.13. The van der Waals surface area contributed by atoms with Crippen LogP contribution in [0.2, 0.25) is 0 Å². The molecule has 7 nitrogen and oxygen atoms in total. The van der Waals surface area contributed by atoms with Crippen LogP contribution in [-0.2, 0) is 11.4 Å². The smallest absolute Gasteiger partial charge is 0.335 e. The molecule has 0 radical (unpaired) electrons. The van der Waals surface area contributed by atoms with Gasteiger partial charge >= 0.3 is 5.97 Å². The van der Waals surface area contributed by atoms with Gasteiger partial charge in [0, 0.05) is 11.3 Å². The molecule has 0 bridgehead atoms. The first-order valence-corrected chi connectivity index (χ1v) is 10.4. The van der Waals surface area contributed by atoms with Gasteiger partial charge in [-0.1, -0.05) is 30.3 Å². The Morgan fingerprint density at radius 1 is 1.06 bits per heavy atom. The highest BCUT2D eigenvalue weighted by Crippen LogP contribution is 2.33. The number of hydrogen-bond acceptors (Lipinski definition) is 5. The van der Waals surface area contributed by atoms with Gasteiger partial charge in [0.05, 0.1) is 12.7 Å². The van der Waals surface area contributed by atoms with Crippen molar-refractivity contribution in [1.82, 2.24) is 0 Å². The van der Waals surface area contributed by atoms with Gasteiger partial charge < -0.3 is 19.9 Å². The summed E-state index contributed by atoms with van der Waals surface area (Å²) < 4.78 is 11.4. The summed E-state index contributed by atoms with van der Waals surface area (Å²) in [6.07, 6.45) is 1.45. The van der Waals surface area contributed by atoms with Crippen LogP contribution >= 0.6 is 0 Å². The molecular weight excluding hydrogens is 432 g/mol. The van der Waals surface area contributed by atoms with Gasteiger partial charge in [0.15, 0.2) is 11.5 Å². The highest BCUT2D eigenvalue weighted by atomic mass is 16.5. The number of carboxylic acid groups (broad SMARTS) is 1. The number of para-hydroxylation sites is 1. The van der Waals surface area contributed by atoms with Crippen molar-refractivity contribution in [2.75, 3.05) is 12.4 Å². The zero-order chi connectivity index (χ0) is 24.7. The SMILES string of the molecule is COc1cccc(/C=C(/C#N)C(=O)Nc2ccc(C)c(C)c2)c1OCc1ccc(C(=O)O)cc1. The van der Waals surface area contributed by atoms with E-state index in [4.69, 9.17) is 14.6 Å². The summed E-state index contributed by atoms with van der Waals surface area (Å²) in [5, 5.41) is 21.4. The number of nitriles is 1. The van der Waals surface area contributed by atoms with Gasteiger partial charge in [0.1, 0.15) is 18.2 Å². The fourth-order valence-corrected chi connectivity index (χ4v) is 3.18. The third-order valence-electron chi connectivity index (χ3n) is 5.24. The van der Waals surface area contributed by atoms with E-state index in [9.17, 15) is 14.9 Å². The number of carbonyl (C=O) groups is 2. The lowest BCUT2D eigenvalue weighted by Gasteiger charge is -2.14. The second kappa shape index (κ2) is 10.8. The number of nitrogens with one attached hydrogen (secondary N) is 1. The number of methoxy groups -OCH3 is 1. The summed E-state index contributed by atoms with van der Waals surface area (Å²) in [5.41, 5.74) is 4.05. The number of ether oxygens (including phenoxy) is 2. The van der Waals surface area contributed by atoms with Crippen LogP contribution in [0.3, 0.4) is 0 Å². The summed E-state index contributed by atoms with van der Waals surface area (Å²) in [5.74, 6) is -0.752. The molecule has 0 aromatic heterocycles. The van der Waals surface area contributed by atoms with Gasteiger partial charge in [-0.05, 0) is 66.9 Å². The van der Waals surface area contributed by atoms with Crippen LogP contribution in [-0.4, -0.2) is 24.1 Å². The van der Waals surface area contributed by atoms with E-state index in [-0.39, 0.29) is 17.7 Å². The van der Waals surface area contributed by atoms with Crippen molar-refractivity contribution < 1.29 is 24.2 Å². The van der Waals surface area contributed by atoms with Crippen LogP contribution in [0.5, 0.6) is 11.5 Å². The Bertz CT molecular complexity index is 1290. The van der Waals surface area contributed by atoms with E-state index in [0.29, 0.717) is 22.7 Å². The van der Waals surface area contributed by atoms with Gasteiger partial charge in [0.2, 0.25) is 0 Å². The van der Waals surface area contributed by atoms with Crippen molar-refractivity contribution in [3.8, 4) is 17.6 Å². The minimum atomic E-state index is -1.01. The molecule has 0 heterocycles. The van der Waals surface area contributed by atoms with E-state index in [2.05, 4.69) is 5.32 Å². The number of aromatic carboxylic acids is 1. The molecule has 2 N–H and O–H groups in total. The van der Waals surface area contributed by atoms with Crippen molar-refractivity contribution in [1.29, 1.82) is 5.26 Å². The fraction of sp³-hybridized carbons (Fsp3) is 0.148. The molecule has 0 aliphatic carbocycles. The number of hydrogen-bond donors (Lipinski definition) is 2. The van der Waals surface area contributed by atoms with Crippen molar-refractivity contribution >= 4 is 23.6 Å². The number of nitrogens with zero attached hydrogens (tertiary/aromatic N) is 1. The Labute approximate surface area is 197 Å². The Kier molecular flexibility index (Phi) is 7.67. The van der Waals surface area contributed by atoms with E-state index < -0.39 is 11.9 Å². The van der Waals surface area contributed by atoms with E-state index in [0.717, 1.165) is 16.7 Å². The molecule has 0 unspecified atom stereocenters. The Balaban J connectivity index is 1.85. The van der Waals surface area contributed by atoms with Gasteiger partial charge in [0.25, 0.3) is 5.91 Å². The highest BCUT2D eigenvalue weighted by molar-refractivity contribution is 6.10. The molecule has 3 aromatic carbocycles. The molecule has 3 rings (SSSR count). The van der Waals surface area contributed by atoms with E-state index in [1.807, 2.05) is 32.0 Å². The van der Waals surface area contributed by atoms with Crippen molar-refractivity contribution in [2.24, 2.45) is 0 Å². The van der Waals surface area contributed by atoms with Crippen molar-refractivity contribution in [2.45, 2.75) is 20.5 Å². The van der Waals surface area contributed by atoms with Crippen LogP contribution in [0.25, 0.3) is 6.08 Å². The molecule has 1 amide bonds. The second-order valence-electron chi connectivity index (χ2n) is 7.59. The average Bonchev–Trinajstić information content (AvgIpc) is 2.83. The summed E-state index contributed by atoms with van der Waals surface area (Å²) in [4.78, 5) is 23.8. The number of benzene rings is 3. The minimum Gasteiger partial charge on any atom is -0.493 e. The number of rotatable bonds is 8. The predicted octanol–water partition coefficient (Wildman–Crippen LogP) is 5.13. The van der Waals surface area contributed by atoms with Gasteiger partial charge in [-0.15, -0.1) is 0 Å². The second-order valence-corrected chi connectivity index (χ2v) is 7.59. The maximum Gasteiger partial charge on any atom is 0.335 e. The first kappa shape index (κ1) is 24.1. The zero-order valence-corrected chi connectivity index (χ0v) is 19.1. The Morgan fingerprint density at radius 2 is 1.79 bits per heavy atom. The summed E-state index contributed by atoms with van der Waals surface area (Å²) >= 11 is 0. The fourth-order valence-electron chi connectivity index (χ4n) is 3.18. The molecular formula is C27H24N2O5. The molecule has 34 heavy (non-hydrogen) atoms. The van der Waals surface area contributed by atoms with Crippen LogP contribution in [0, 0.1) is 25.2 Å². The van der Waals surface area contributed by atoms with Gasteiger partial charge in [-0.2, -0.15) is 5.26 Å². The first-order valence-electron chi connectivity index (χ1n) is 10.4. The molecule has 0 fully saturated rings. The molecule has 7 heteroatoms. The van der Waals surface area contributed by atoms with E-state index in [1.165, 1.54) is 25.3 Å². The maximum absolute atomic E-state index is 12.8. The van der Waals surface area contributed by atoms with Crippen molar-refractivity contribution in [3.63, 3.8) is 0 Å². The number of anilines is 1. The van der Waals surface area contributed by atoms with Gasteiger partial charge in [-0.3, -0.25) is 4.79 Å². The number of carbonyl (C=O) groups excluding carboxylic acids is 1. The molecule has 0 atom stereocenters. The van der Waals surface area contributed by atoms with Crippen molar-refractivity contribution in [3.05, 3.63) is 94.1 Å². The summed E-state index contributed by atoms with van der Waals surface area (Å²) in [7, 11) is 1.50. The van der Waals surface area contributed by atoms with Crippen LogP contribution in [0.4, 0.5) is 5.69 Å². The lowest BCUT2D eigenvalue weighted by molar-refractivity contribution is -0.112. The topological polar surface area (TPSA) is 109 Å². The highest BCUT2D eigenvalue weighted by Gasteiger charge is 2.15. The summed E-state index contributed by atoms with van der Waals surface area (Å²) in [6.45, 7) is 4.06. The number of amides is 1. The number of aryl methyl sites for hydroxylation is 2. The molecule has 3 aromatic rings.